The van der Waals surface area contributed by atoms with Crippen LogP contribution in [0.25, 0.3) is 0 Å². The van der Waals surface area contributed by atoms with E-state index >= 15 is 0 Å². The molecular weight excluding hydrogens is 175 g/mol. The van der Waals surface area contributed by atoms with Crippen LogP contribution in [0.3, 0.4) is 0 Å². The van der Waals surface area contributed by atoms with Crippen LogP contribution in [0, 0.1) is 5.82 Å². The summed E-state index contributed by atoms with van der Waals surface area (Å²) < 4.78 is 12.8. The maximum absolute atomic E-state index is 12.8. The molecule has 0 aliphatic carbocycles. The number of hydrogen-bond acceptors (Lipinski definition) is 0. The molecule has 66 valence electrons. The molecule has 0 fully saturated rings. The molecule has 0 atom stereocenters. The average molecular weight is 187 g/mol. The molecule has 0 nitrogen and oxygen atoms in total. The summed E-state index contributed by atoms with van der Waals surface area (Å²) in [5.41, 5.74) is 0.753. The quantitative estimate of drug-likeness (QED) is 0.579. The van der Waals surface area contributed by atoms with Crippen LogP contribution in [0.15, 0.2) is 18.2 Å². The van der Waals surface area contributed by atoms with Gasteiger partial charge in [0.15, 0.2) is 0 Å². The number of hydrogen-bond donors (Lipinski definition) is 0. The van der Waals surface area contributed by atoms with E-state index in [-0.39, 0.29) is 11.2 Å². The second kappa shape index (κ2) is 3.06. The molecule has 1 aromatic carbocycles. The van der Waals surface area contributed by atoms with Crippen LogP contribution in [-0.2, 0) is 5.41 Å². The lowest BCUT2D eigenvalue weighted by Gasteiger charge is -2.20. The Morgan fingerprint density at radius 1 is 1.25 bits per heavy atom. The summed E-state index contributed by atoms with van der Waals surface area (Å²) in [6.07, 6.45) is 0. The van der Waals surface area contributed by atoms with Gasteiger partial charge < -0.3 is 0 Å². The van der Waals surface area contributed by atoms with Crippen LogP contribution in [0.5, 0.6) is 0 Å². The van der Waals surface area contributed by atoms with E-state index < -0.39 is 0 Å². The summed E-state index contributed by atoms with van der Waals surface area (Å²) in [5.74, 6) is -0.232. The van der Waals surface area contributed by atoms with E-state index in [9.17, 15) is 4.39 Å². The standard InChI is InChI=1S/C10H12ClF/c1-10(2,3)8-6-7(12)4-5-9(8)11/h4-6H,1-3H3. The highest BCUT2D eigenvalue weighted by Crippen LogP contribution is 2.29. The number of halogens is 2. The zero-order valence-electron chi connectivity index (χ0n) is 7.49. The molecule has 1 aromatic rings. The Morgan fingerprint density at radius 3 is 2.25 bits per heavy atom. The monoisotopic (exact) mass is 186 g/mol. The Kier molecular flexibility index (Phi) is 2.43. The van der Waals surface area contributed by atoms with Crippen molar-refractivity contribution in [2.75, 3.05) is 0 Å². The third kappa shape index (κ3) is 1.98. The van der Waals surface area contributed by atoms with Gasteiger partial charge in [-0.05, 0) is 29.2 Å². The van der Waals surface area contributed by atoms with Crippen molar-refractivity contribution in [3.8, 4) is 0 Å². The minimum absolute atomic E-state index is 0.0980. The molecule has 0 heterocycles. The topological polar surface area (TPSA) is 0 Å². The van der Waals surface area contributed by atoms with Gasteiger partial charge in [-0.3, -0.25) is 0 Å². The first-order chi connectivity index (χ1) is 5.41. The van der Waals surface area contributed by atoms with Crippen molar-refractivity contribution in [3.63, 3.8) is 0 Å². The summed E-state index contributed by atoms with van der Waals surface area (Å²) in [6, 6.07) is 4.46. The van der Waals surface area contributed by atoms with Crippen LogP contribution in [0.4, 0.5) is 4.39 Å². The fraction of sp³-hybridized carbons (Fsp3) is 0.400. The first-order valence-electron chi connectivity index (χ1n) is 3.87. The van der Waals surface area contributed by atoms with Gasteiger partial charge in [0.1, 0.15) is 5.82 Å². The van der Waals surface area contributed by atoms with Crippen molar-refractivity contribution in [2.24, 2.45) is 0 Å². The lowest BCUT2D eigenvalue weighted by molar-refractivity contribution is 0.572. The van der Waals surface area contributed by atoms with Crippen LogP contribution < -0.4 is 0 Å². The fourth-order valence-electron chi connectivity index (χ4n) is 1.07. The molecule has 0 aromatic heterocycles. The van der Waals surface area contributed by atoms with E-state index in [0.717, 1.165) is 5.56 Å². The van der Waals surface area contributed by atoms with Gasteiger partial charge in [0.05, 0.1) is 0 Å². The molecule has 0 amide bonds. The maximum atomic E-state index is 12.8. The van der Waals surface area contributed by atoms with Crippen molar-refractivity contribution in [1.29, 1.82) is 0 Å². The smallest absolute Gasteiger partial charge is 0.123 e. The minimum Gasteiger partial charge on any atom is -0.207 e. The van der Waals surface area contributed by atoms with Gasteiger partial charge >= 0.3 is 0 Å². The lowest BCUT2D eigenvalue weighted by Crippen LogP contribution is -2.11. The van der Waals surface area contributed by atoms with E-state index in [4.69, 9.17) is 11.6 Å². The molecule has 0 aliphatic rings. The summed E-state index contributed by atoms with van der Waals surface area (Å²) in [5, 5.41) is 0.629. The van der Waals surface area contributed by atoms with E-state index in [1.54, 1.807) is 6.07 Å². The Morgan fingerprint density at radius 2 is 1.83 bits per heavy atom. The van der Waals surface area contributed by atoms with Gasteiger partial charge in [0.2, 0.25) is 0 Å². The van der Waals surface area contributed by atoms with E-state index in [1.807, 2.05) is 20.8 Å². The highest BCUT2D eigenvalue weighted by molar-refractivity contribution is 6.31. The van der Waals surface area contributed by atoms with E-state index in [2.05, 4.69) is 0 Å². The predicted octanol–water partition coefficient (Wildman–Crippen LogP) is 3.78. The molecule has 0 aliphatic heterocycles. The SMILES string of the molecule is CC(C)(C)c1cc(F)ccc1Cl. The van der Waals surface area contributed by atoms with Crippen LogP contribution in [0.1, 0.15) is 26.3 Å². The first-order valence-corrected chi connectivity index (χ1v) is 4.24. The summed E-state index contributed by atoms with van der Waals surface area (Å²) >= 11 is 5.91. The maximum Gasteiger partial charge on any atom is 0.123 e. The molecule has 0 saturated carbocycles. The highest BCUT2D eigenvalue weighted by Gasteiger charge is 2.17. The van der Waals surface area contributed by atoms with Crippen molar-refractivity contribution in [3.05, 3.63) is 34.6 Å². The molecule has 12 heavy (non-hydrogen) atoms. The Hall–Kier alpha value is -0.560. The van der Waals surface area contributed by atoms with Gasteiger partial charge in [-0.15, -0.1) is 0 Å². The summed E-state index contributed by atoms with van der Waals surface area (Å²) in [7, 11) is 0. The predicted molar refractivity (Wildman–Crippen MR) is 50.1 cm³/mol. The molecule has 0 saturated heterocycles. The molecule has 0 unspecified atom stereocenters. The highest BCUT2D eigenvalue weighted by atomic mass is 35.5. The molecule has 0 radical (unpaired) electrons. The Balaban J connectivity index is 3.23. The van der Waals surface area contributed by atoms with Crippen LogP contribution in [-0.4, -0.2) is 0 Å². The van der Waals surface area contributed by atoms with Crippen molar-refractivity contribution in [2.45, 2.75) is 26.2 Å². The van der Waals surface area contributed by atoms with E-state index in [0.29, 0.717) is 5.02 Å². The molecular formula is C10H12ClF. The normalized spacial score (nSPS) is 11.8. The number of rotatable bonds is 0. The van der Waals surface area contributed by atoms with Crippen LogP contribution in [0.2, 0.25) is 5.02 Å². The van der Waals surface area contributed by atoms with Gasteiger partial charge in [-0.1, -0.05) is 32.4 Å². The molecule has 0 spiro atoms. The second-order valence-electron chi connectivity index (χ2n) is 3.87. The zero-order valence-corrected chi connectivity index (χ0v) is 8.24. The lowest BCUT2D eigenvalue weighted by atomic mass is 9.87. The fourth-order valence-corrected chi connectivity index (χ4v) is 1.47. The van der Waals surface area contributed by atoms with Gasteiger partial charge in [-0.2, -0.15) is 0 Å². The minimum atomic E-state index is -0.232. The van der Waals surface area contributed by atoms with Crippen molar-refractivity contribution >= 4 is 11.6 Å². The van der Waals surface area contributed by atoms with Gasteiger partial charge in [-0.25, -0.2) is 4.39 Å². The van der Waals surface area contributed by atoms with E-state index in [1.165, 1.54) is 12.1 Å². The first kappa shape index (κ1) is 9.53. The van der Waals surface area contributed by atoms with Crippen molar-refractivity contribution in [1.82, 2.24) is 0 Å². The molecule has 2 heteroatoms. The average Bonchev–Trinajstić information content (AvgIpc) is 1.92. The van der Waals surface area contributed by atoms with Crippen molar-refractivity contribution < 1.29 is 4.39 Å². The summed E-state index contributed by atoms with van der Waals surface area (Å²) in [4.78, 5) is 0. The summed E-state index contributed by atoms with van der Waals surface area (Å²) in [6.45, 7) is 6.02. The molecule has 0 N–H and O–H groups in total. The largest absolute Gasteiger partial charge is 0.207 e. The third-order valence-corrected chi connectivity index (χ3v) is 2.07. The third-order valence-electron chi connectivity index (χ3n) is 1.74. The zero-order chi connectivity index (χ0) is 9.35. The van der Waals surface area contributed by atoms with Gasteiger partial charge in [0, 0.05) is 5.02 Å². The van der Waals surface area contributed by atoms with Crippen LogP contribution >= 0.6 is 11.6 Å². The Bertz CT molecular complexity index is 286. The second-order valence-corrected chi connectivity index (χ2v) is 4.28. The number of benzene rings is 1. The Labute approximate surface area is 77.4 Å². The van der Waals surface area contributed by atoms with Gasteiger partial charge in [0.25, 0.3) is 0 Å². The molecule has 0 bridgehead atoms. The molecule has 1 rings (SSSR count).